The molecule has 2 heterocycles. The van der Waals surface area contributed by atoms with E-state index in [0.29, 0.717) is 11.4 Å². The molecule has 0 aliphatic rings. The molecular formula is C13H12F3N3O3. The number of furan rings is 1. The van der Waals surface area contributed by atoms with Crippen molar-refractivity contribution in [1.82, 2.24) is 10.3 Å². The minimum absolute atomic E-state index is 0.182. The van der Waals surface area contributed by atoms with E-state index in [9.17, 15) is 18.0 Å². The van der Waals surface area contributed by atoms with Gasteiger partial charge in [0, 0.05) is 6.07 Å². The summed E-state index contributed by atoms with van der Waals surface area (Å²) in [6.07, 6.45) is -1.75. The molecule has 0 aromatic carbocycles. The first kappa shape index (κ1) is 15.7. The maximum Gasteiger partial charge on any atom is 0.422 e. The van der Waals surface area contributed by atoms with E-state index in [2.05, 4.69) is 20.4 Å². The molecular weight excluding hydrogens is 303 g/mol. The maximum absolute atomic E-state index is 12.0. The van der Waals surface area contributed by atoms with Crippen molar-refractivity contribution in [2.24, 2.45) is 0 Å². The molecule has 0 bridgehead atoms. The van der Waals surface area contributed by atoms with E-state index in [1.165, 1.54) is 24.6 Å². The molecule has 0 radical (unpaired) electrons. The van der Waals surface area contributed by atoms with Crippen molar-refractivity contribution >= 4 is 11.7 Å². The summed E-state index contributed by atoms with van der Waals surface area (Å²) in [6, 6.07) is 5.51. The van der Waals surface area contributed by atoms with Crippen molar-refractivity contribution in [3.63, 3.8) is 0 Å². The summed E-state index contributed by atoms with van der Waals surface area (Å²) in [6.45, 7) is -1.21. The van der Waals surface area contributed by atoms with Crippen LogP contribution in [0.3, 0.4) is 0 Å². The number of carbonyl (C=O) groups excluding carboxylic acids is 1. The number of anilines is 1. The average molecular weight is 315 g/mol. The molecule has 2 N–H and O–H groups in total. The first-order valence-corrected chi connectivity index (χ1v) is 6.15. The summed E-state index contributed by atoms with van der Waals surface area (Å²) >= 11 is 0. The smallest absolute Gasteiger partial charge is 0.422 e. The number of nitrogens with zero attached hydrogens (tertiary/aromatic N) is 1. The molecule has 2 aromatic rings. The van der Waals surface area contributed by atoms with Gasteiger partial charge in [0.25, 0.3) is 0 Å². The molecule has 2 aromatic heterocycles. The lowest BCUT2D eigenvalue weighted by Crippen LogP contribution is -2.28. The number of amides is 2. The lowest BCUT2D eigenvalue weighted by Gasteiger charge is -2.09. The Morgan fingerprint density at radius 2 is 2.14 bits per heavy atom. The van der Waals surface area contributed by atoms with Crippen LogP contribution >= 0.6 is 0 Å². The van der Waals surface area contributed by atoms with Gasteiger partial charge in [-0.25, -0.2) is 9.78 Å². The van der Waals surface area contributed by atoms with Crippen LogP contribution in [-0.2, 0) is 6.54 Å². The van der Waals surface area contributed by atoms with E-state index in [4.69, 9.17) is 4.42 Å². The van der Waals surface area contributed by atoms with E-state index in [-0.39, 0.29) is 12.4 Å². The van der Waals surface area contributed by atoms with Crippen LogP contribution in [0.15, 0.2) is 41.1 Å². The van der Waals surface area contributed by atoms with Crippen molar-refractivity contribution in [1.29, 1.82) is 0 Å². The number of hydrogen-bond donors (Lipinski definition) is 2. The van der Waals surface area contributed by atoms with Crippen LogP contribution in [0.25, 0.3) is 0 Å². The number of aromatic nitrogens is 1. The topological polar surface area (TPSA) is 76.4 Å². The molecule has 9 heteroatoms. The number of pyridine rings is 1. The van der Waals surface area contributed by atoms with E-state index in [1.54, 1.807) is 12.1 Å². The summed E-state index contributed by atoms with van der Waals surface area (Å²) in [7, 11) is 0. The molecule has 0 aliphatic heterocycles. The molecule has 0 atom stereocenters. The maximum atomic E-state index is 12.0. The Kier molecular flexibility index (Phi) is 4.87. The van der Waals surface area contributed by atoms with E-state index < -0.39 is 18.8 Å². The highest BCUT2D eigenvalue weighted by atomic mass is 19.4. The van der Waals surface area contributed by atoms with Crippen LogP contribution in [0, 0.1) is 0 Å². The number of alkyl halides is 3. The molecule has 0 saturated carbocycles. The molecule has 6 nitrogen and oxygen atoms in total. The second kappa shape index (κ2) is 6.83. The highest BCUT2D eigenvalue weighted by molar-refractivity contribution is 5.88. The minimum Gasteiger partial charge on any atom is -0.468 e. The molecule has 2 amide bonds. The Labute approximate surface area is 123 Å². The average Bonchev–Trinajstić information content (AvgIpc) is 2.97. The Bertz CT molecular complexity index is 597. The van der Waals surface area contributed by atoms with Gasteiger partial charge in [-0.05, 0) is 18.2 Å². The molecule has 0 fully saturated rings. The molecule has 118 valence electrons. The van der Waals surface area contributed by atoms with Gasteiger partial charge in [-0.2, -0.15) is 13.2 Å². The summed E-state index contributed by atoms with van der Waals surface area (Å²) in [5, 5.41) is 5.01. The van der Waals surface area contributed by atoms with Gasteiger partial charge in [0.1, 0.15) is 5.76 Å². The number of carbonyl (C=O) groups is 1. The number of halogens is 3. The zero-order chi connectivity index (χ0) is 16.0. The van der Waals surface area contributed by atoms with Crippen molar-refractivity contribution in [3.8, 4) is 5.88 Å². The van der Waals surface area contributed by atoms with Gasteiger partial charge in [0.05, 0.1) is 24.7 Å². The molecule has 0 saturated heterocycles. The third kappa shape index (κ3) is 5.35. The predicted octanol–water partition coefficient (Wildman–Crippen LogP) is 2.94. The van der Waals surface area contributed by atoms with Crippen LogP contribution in [-0.4, -0.2) is 23.8 Å². The van der Waals surface area contributed by atoms with E-state index in [1.807, 2.05) is 0 Å². The van der Waals surface area contributed by atoms with Gasteiger partial charge in [-0.15, -0.1) is 0 Å². The number of rotatable bonds is 5. The van der Waals surface area contributed by atoms with Crippen LogP contribution in [0.2, 0.25) is 0 Å². The number of urea groups is 1. The normalized spacial score (nSPS) is 11.0. The monoisotopic (exact) mass is 315 g/mol. The number of ether oxygens (including phenoxy) is 1. The molecule has 2 rings (SSSR count). The quantitative estimate of drug-likeness (QED) is 0.889. The van der Waals surface area contributed by atoms with Gasteiger partial charge < -0.3 is 19.8 Å². The molecule has 22 heavy (non-hydrogen) atoms. The Balaban J connectivity index is 1.79. The summed E-state index contributed by atoms with van der Waals surface area (Å²) in [5.74, 6) is 0.406. The zero-order valence-electron chi connectivity index (χ0n) is 11.2. The second-order valence-electron chi connectivity index (χ2n) is 4.18. The van der Waals surface area contributed by atoms with Gasteiger partial charge >= 0.3 is 12.2 Å². The molecule has 0 spiro atoms. The Hall–Kier alpha value is -2.71. The van der Waals surface area contributed by atoms with E-state index >= 15 is 0 Å². The third-order valence-corrected chi connectivity index (χ3v) is 2.38. The predicted molar refractivity (Wildman–Crippen MR) is 70.4 cm³/mol. The first-order chi connectivity index (χ1) is 10.4. The van der Waals surface area contributed by atoms with Crippen LogP contribution in [0.1, 0.15) is 5.76 Å². The second-order valence-corrected chi connectivity index (χ2v) is 4.18. The lowest BCUT2D eigenvalue weighted by molar-refractivity contribution is -0.154. The Morgan fingerprint density at radius 1 is 1.32 bits per heavy atom. The van der Waals surface area contributed by atoms with Crippen molar-refractivity contribution in [3.05, 3.63) is 42.5 Å². The van der Waals surface area contributed by atoms with E-state index in [0.717, 1.165) is 0 Å². The minimum atomic E-state index is -4.43. The highest BCUT2D eigenvalue weighted by Crippen LogP contribution is 2.17. The fourth-order valence-corrected chi connectivity index (χ4v) is 1.45. The first-order valence-electron chi connectivity index (χ1n) is 6.15. The summed E-state index contributed by atoms with van der Waals surface area (Å²) < 4.78 is 45.4. The van der Waals surface area contributed by atoms with Gasteiger partial charge in [-0.3, -0.25) is 0 Å². The van der Waals surface area contributed by atoms with Gasteiger partial charge in [-0.1, -0.05) is 0 Å². The van der Waals surface area contributed by atoms with Gasteiger partial charge in [0.15, 0.2) is 6.61 Å². The van der Waals surface area contributed by atoms with Crippen molar-refractivity contribution in [2.45, 2.75) is 12.7 Å². The van der Waals surface area contributed by atoms with Gasteiger partial charge in [0.2, 0.25) is 5.88 Å². The number of hydrogen-bond acceptors (Lipinski definition) is 4. The highest BCUT2D eigenvalue weighted by Gasteiger charge is 2.28. The van der Waals surface area contributed by atoms with Crippen molar-refractivity contribution in [2.75, 3.05) is 11.9 Å². The lowest BCUT2D eigenvalue weighted by atomic mass is 10.4. The SMILES string of the molecule is O=C(NCc1ccco1)Nc1ccc(OCC(F)(F)F)nc1. The largest absolute Gasteiger partial charge is 0.468 e. The van der Waals surface area contributed by atoms with Crippen LogP contribution < -0.4 is 15.4 Å². The third-order valence-electron chi connectivity index (χ3n) is 2.38. The van der Waals surface area contributed by atoms with Crippen LogP contribution in [0.4, 0.5) is 23.7 Å². The summed E-state index contributed by atoms with van der Waals surface area (Å²) in [4.78, 5) is 15.2. The van der Waals surface area contributed by atoms with Crippen LogP contribution in [0.5, 0.6) is 5.88 Å². The molecule has 0 aliphatic carbocycles. The zero-order valence-corrected chi connectivity index (χ0v) is 11.2. The standard InChI is InChI=1S/C13H12F3N3O3/c14-13(15,16)8-22-11-4-3-9(6-17-11)19-12(20)18-7-10-2-1-5-21-10/h1-6H,7-8H2,(H2,18,19,20). The summed E-state index contributed by atoms with van der Waals surface area (Å²) in [5.41, 5.74) is 0.316. The Morgan fingerprint density at radius 3 is 2.73 bits per heavy atom. The van der Waals surface area contributed by atoms with Crippen molar-refractivity contribution < 1.29 is 27.1 Å². The number of nitrogens with one attached hydrogen (secondary N) is 2. The molecule has 0 unspecified atom stereocenters. The fraction of sp³-hybridized carbons (Fsp3) is 0.231. The fourth-order valence-electron chi connectivity index (χ4n) is 1.45.